The first kappa shape index (κ1) is 24.1. The van der Waals surface area contributed by atoms with E-state index < -0.39 is 5.60 Å². The van der Waals surface area contributed by atoms with Crippen LogP contribution in [0.3, 0.4) is 0 Å². The fraction of sp³-hybridized carbons (Fsp3) is 0.480. The summed E-state index contributed by atoms with van der Waals surface area (Å²) < 4.78 is 5.55. The smallest absolute Gasteiger partial charge is 0.410 e. The summed E-state index contributed by atoms with van der Waals surface area (Å²) in [4.78, 5) is 31.8. The van der Waals surface area contributed by atoms with Crippen molar-refractivity contribution in [2.75, 3.05) is 18.8 Å². The van der Waals surface area contributed by atoms with E-state index in [0.29, 0.717) is 31.8 Å². The zero-order valence-corrected chi connectivity index (χ0v) is 20.0. The standard InChI is InChI=1S/C25H33N3O3S/c1-25(2,3)31-24(30)28(17-19-7-5-12-26-16-19)14-6-13-27-23(29)18-32-22-11-10-20-8-4-9-21(20)15-22/h5,7,10-12,15-16H,4,6,8-9,13-14,17-18H2,1-3H3,(H,27,29). The molecule has 0 saturated heterocycles. The van der Waals surface area contributed by atoms with Gasteiger partial charge in [0.15, 0.2) is 0 Å². The van der Waals surface area contributed by atoms with Crippen LogP contribution in [0.2, 0.25) is 0 Å². The highest BCUT2D eigenvalue weighted by Gasteiger charge is 2.22. The zero-order valence-electron chi connectivity index (χ0n) is 19.2. The second-order valence-electron chi connectivity index (χ2n) is 9.04. The molecule has 1 aromatic carbocycles. The normalized spacial score (nSPS) is 12.8. The lowest BCUT2D eigenvalue weighted by Crippen LogP contribution is -2.38. The third-order valence-electron chi connectivity index (χ3n) is 5.11. The van der Waals surface area contributed by atoms with E-state index >= 15 is 0 Å². The Morgan fingerprint density at radius 3 is 2.75 bits per heavy atom. The summed E-state index contributed by atoms with van der Waals surface area (Å²) in [5.41, 5.74) is 3.24. The van der Waals surface area contributed by atoms with Crippen LogP contribution in [-0.4, -0.2) is 46.3 Å². The summed E-state index contributed by atoms with van der Waals surface area (Å²) in [7, 11) is 0. The van der Waals surface area contributed by atoms with Crippen molar-refractivity contribution in [3.8, 4) is 0 Å². The number of thioether (sulfide) groups is 1. The largest absolute Gasteiger partial charge is 0.444 e. The molecule has 6 nitrogen and oxygen atoms in total. The van der Waals surface area contributed by atoms with Gasteiger partial charge in [-0.25, -0.2) is 4.79 Å². The predicted molar refractivity (Wildman–Crippen MR) is 128 cm³/mol. The second kappa shape index (κ2) is 11.4. The van der Waals surface area contributed by atoms with Crippen LogP contribution < -0.4 is 5.32 Å². The van der Waals surface area contributed by atoms with Crippen LogP contribution in [-0.2, 0) is 28.9 Å². The molecule has 2 aromatic rings. The van der Waals surface area contributed by atoms with Crippen LogP contribution in [0, 0.1) is 0 Å². The molecule has 1 aliphatic carbocycles. The number of ether oxygens (including phenoxy) is 1. The summed E-state index contributed by atoms with van der Waals surface area (Å²) in [5, 5.41) is 2.96. The Morgan fingerprint density at radius 2 is 2.00 bits per heavy atom. The van der Waals surface area contributed by atoms with Crippen LogP contribution in [0.4, 0.5) is 4.79 Å². The summed E-state index contributed by atoms with van der Waals surface area (Å²) in [5.74, 6) is 0.399. The van der Waals surface area contributed by atoms with Gasteiger partial charge in [0.05, 0.1) is 12.3 Å². The molecule has 172 valence electrons. The molecular weight excluding hydrogens is 422 g/mol. The zero-order chi connectivity index (χ0) is 23.0. The summed E-state index contributed by atoms with van der Waals surface area (Å²) in [6, 6.07) is 10.3. The average Bonchev–Trinajstić information content (AvgIpc) is 3.22. The number of nitrogens with one attached hydrogen (secondary N) is 1. The number of pyridine rings is 1. The SMILES string of the molecule is CC(C)(C)OC(=O)N(CCCNC(=O)CSc1ccc2c(c1)CCC2)Cc1cccnc1. The molecule has 1 aromatic heterocycles. The molecule has 0 atom stereocenters. The van der Waals surface area contributed by atoms with Crippen molar-refractivity contribution in [2.45, 2.75) is 63.5 Å². The molecule has 1 heterocycles. The van der Waals surface area contributed by atoms with E-state index in [1.54, 1.807) is 29.1 Å². The van der Waals surface area contributed by atoms with E-state index in [9.17, 15) is 9.59 Å². The summed E-state index contributed by atoms with van der Waals surface area (Å²) in [6.45, 7) is 6.98. The first-order chi connectivity index (χ1) is 15.3. The minimum Gasteiger partial charge on any atom is -0.444 e. The third kappa shape index (κ3) is 7.86. The molecule has 0 radical (unpaired) electrons. The Labute approximate surface area is 195 Å². The number of aryl methyl sites for hydroxylation is 2. The lowest BCUT2D eigenvalue weighted by Gasteiger charge is -2.27. The molecule has 1 N–H and O–H groups in total. The molecule has 0 fully saturated rings. The van der Waals surface area contributed by atoms with Crippen molar-refractivity contribution < 1.29 is 14.3 Å². The Balaban J connectivity index is 1.43. The van der Waals surface area contributed by atoms with Gasteiger partial charge in [-0.1, -0.05) is 12.1 Å². The van der Waals surface area contributed by atoms with Gasteiger partial charge in [-0.3, -0.25) is 9.78 Å². The Kier molecular flexibility index (Phi) is 8.56. The van der Waals surface area contributed by atoms with Crippen molar-refractivity contribution in [3.05, 3.63) is 59.4 Å². The van der Waals surface area contributed by atoms with Gasteiger partial charge >= 0.3 is 6.09 Å². The first-order valence-corrected chi connectivity index (χ1v) is 12.2. The lowest BCUT2D eigenvalue weighted by atomic mass is 10.1. The predicted octanol–water partition coefficient (Wildman–Crippen LogP) is 4.61. The maximum atomic E-state index is 12.6. The molecule has 0 saturated carbocycles. The molecular formula is C25H33N3O3S. The van der Waals surface area contributed by atoms with E-state index in [1.165, 1.54) is 24.0 Å². The molecule has 3 rings (SSSR count). The number of hydrogen-bond acceptors (Lipinski definition) is 5. The number of fused-ring (bicyclic) bond motifs is 1. The van der Waals surface area contributed by atoms with Gasteiger partial charge in [0.2, 0.25) is 5.91 Å². The van der Waals surface area contributed by atoms with Gasteiger partial charge in [0, 0.05) is 30.4 Å². The lowest BCUT2D eigenvalue weighted by molar-refractivity contribution is -0.118. The number of carbonyl (C=O) groups excluding carboxylic acids is 2. The van der Waals surface area contributed by atoms with Crippen LogP contribution in [0.5, 0.6) is 0 Å². The van der Waals surface area contributed by atoms with Crippen molar-refractivity contribution in [3.63, 3.8) is 0 Å². The Hall–Kier alpha value is -2.54. The van der Waals surface area contributed by atoms with Crippen LogP contribution in [0.1, 0.15) is 50.3 Å². The van der Waals surface area contributed by atoms with E-state index in [-0.39, 0.29) is 12.0 Å². The summed E-state index contributed by atoms with van der Waals surface area (Å²) >= 11 is 1.57. The summed E-state index contributed by atoms with van der Waals surface area (Å²) in [6.07, 6.45) is 7.28. The fourth-order valence-corrected chi connectivity index (χ4v) is 4.40. The second-order valence-corrected chi connectivity index (χ2v) is 10.1. The van der Waals surface area contributed by atoms with Crippen molar-refractivity contribution in [1.29, 1.82) is 0 Å². The average molecular weight is 456 g/mol. The van der Waals surface area contributed by atoms with Crippen molar-refractivity contribution in [1.82, 2.24) is 15.2 Å². The maximum absolute atomic E-state index is 12.6. The number of amides is 2. The highest BCUT2D eigenvalue weighted by molar-refractivity contribution is 8.00. The topological polar surface area (TPSA) is 71.5 Å². The van der Waals surface area contributed by atoms with E-state index in [1.807, 2.05) is 32.9 Å². The Bertz CT molecular complexity index is 912. The van der Waals surface area contributed by atoms with Crippen LogP contribution >= 0.6 is 11.8 Å². The molecule has 7 heteroatoms. The van der Waals surface area contributed by atoms with Gasteiger partial charge in [-0.15, -0.1) is 11.8 Å². The fourth-order valence-electron chi connectivity index (χ4n) is 3.61. The minimum absolute atomic E-state index is 0.00609. The number of hydrogen-bond donors (Lipinski definition) is 1. The molecule has 32 heavy (non-hydrogen) atoms. The van der Waals surface area contributed by atoms with Gasteiger partial charge in [0.25, 0.3) is 0 Å². The molecule has 0 spiro atoms. The quantitative estimate of drug-likeness (QED) is 0.442. The monoisotopic (exact) mass is 455 g/mol. The molecule has 2 amide bonds. The van der Waals surface area contributed by atoms with Crippen LogP contribution in [0.15, 0.2) is 47.6 Å². The molecule has 0 unspecified atom stereocenters. The number of nitrogens with zero attached hydrogens (tertiary/aromatic N) is 2. The first-order valence-electron chi connectivity index (χ1n) is 11.2. The highest BCUT2D eigenvalue weighted by atomic mass is 32.2. The Morgan fingerprint density at radius 1 is 1.19 bits per heavy atom. The molecule has 0 bridgehead atoms. The van der Waals surface area contributed by atoms with Gasteiger partial charge < -0.3 is 15.0 Å². The van der Waals surface area contributed by atoms with Gasteiger partial charge in [0.1, 0.15) is 5.60 Å². The van der Waals surface area contributed by atoms with Crippen molar-refractivity contribution >= 4 is 23.8 Å². The maximum Gasteiger partial charge on any atom is 0.410 e. The highest BCUT2D eigenvalue weighted by Crippen LogP contribution is 2.27. The number of benzene rings is 1. The van der Waals surface area contributed by atoms with E-state index in [2.05, 4.69) is 28.5 Å². The van der Waals surface area contributed by atoms with Gasteiger partial charge in [-0.2, -0.15) is 0 Å². The molecule has 0 aliphatic heterocycles. The number of rotatable bonds is 9. The third-order valence-corrected chi connectivity index (χ3v) is 6.11. The van der Waals surface area contributed by atoms with E-state index in [0.717, 1.165) is 16.9 Å². The van der Waals surface area contributed by atoms with Crippen molar-refractivity contribution in [2.24, 2.45) is 0 Å². The molecule has 1 aliphatic rings. The van der Waals surface area contributed by atoms with Gasteiger partial charge in [-0.05, 0) is 81.3 Å². The minimum atomic E-state index is -0.562. The van der Waals surface area contributed by atoms with Crippen LogP contribution in [0.25, 0.3) is 0 Å². The van der Waals surface area contributed by atoms with E-state index in [4.69, 9.17) is 4.74 Å². The number of aromatic nitrogens is 1. The number of carbonyl (C=O) groups is 2.